The number of aromatic nitrogens is 2. The van der Waals surface area contributed by atoms with E-state index in [2.05, 4.69) is 9.88 Å². The summed E-state index contributed by atoms with van der Waals surface area (Å²) >= 11 is 5.90. The number of nitrogens with zero attached hydrogens (tertiary/aromatic N) is 4. The second-order valence-corrected chi connectivity index (χ2v) is 10.8. The number of amides is 1. The van der Waals surface area contributed by atoms with Crippen LogP contribution >= 0.6 is 11.6 Å². The summed E-state index contributed by atoms with van der Waals surface area (Å²) in [5.41, 5.74) is -0.000584. The van der Waals surface area contributed by atoms with E-state index in [1.165, 1.54) is 22.3 Å². The number of ether oxygens (including phenoxy) is 1. The van der Waals surface area contributed by atoms with Crippen molar-refractivity contribution in [2.24, 2.45) is 0 Å². The van der Waals surface area contributed by atoms with E-state index in [0.717, 1.165) is 5.39 Å². The number of benzene rings is 1. The van der Waals surface area contributed by atoms with Gasteiger partial charge < -0.3 is 14.5 Å². The van der Waals surface area contributed by atoms with Gasteiger partial charge in [-0.15, -0.1) is 0 Å². The fourth-order valence-electron chi connectivity index (χ4n) is 3.64. The Hall–Kier alpha value is -2.78. The number of pyridine rings is 1. The minimum absolute atomic E-state index is 0.156. The molecule has 32 heavy (non-hydrogen) atoms. The summed E-state index contributed by atoms with van der Waals surface area (Å²) in [7, 11) is -3.78. The predicted molar refractivity (Wildman–Crippen MR) is 124 cm³/mol. The largest absolute Gasteiger partial charge is 0.444 e. The van der Waals surface area contributed by atoms with Crippen LogP contribution in [0.3, 0.4) is 0 Å². The maximum atomic E-state index is 13.2. The Morgan fingerprint density at radius 3 is 2.31 bits per heavy atom. The van der Waals surface area contributed by atoms with E-state index in [4.69, 9.17) is 16.3 Å². The Labute approximate surface area is 192 Å². The maximum absolute atomic E-state index is 13.2. The van der Waals surface area contributed by atoms with Gasteiger partial charge >= 0.3 is 6.09 Å². The Morgan fingerprint density at radius 1 is 1.03 bits per heavy atom. The van der Waals surface area contributed by atoms with Crippen molar-refractivity contribution in [2.75, 3.05) is 31.1 Å². The van der Waals surface area contributed by atoms with Crippen LogP contribution in [0.15, 0.2) is 53.7 Å². The van der Waals surface area contributed by atoms with Crippen LogP contribution in [0, 0.1) is 0 Å². The lowest BCUT2D eigenvalue weighted by Gasteiger charge is -2.36. The summed E-state index contributed by atoms with van der Waals surface area (Å²) in [5, 5.41) is 1.20. The van der Waals surface area contributed by atoms with Crippen molar-refractivity contribution in [3.05, 3.63) is 53.8 Å². The van der Waals surface area contributed by atoms with Crippen molar-refractivity contribution in [2.45, 2.75) is 31.3 Å². The summed E-state index contributed by atoms with van der Waals surface area (Å²) in [6.45, 7) is 7.66. The van der Waals surface area contributed by atoms with Gasteiger partial charge in [0.15, 0.2) is 0 Å². The summed E-state index contributed by atoms with van der Waals surface area (Å²) in [6.07, 6.45) is 2.81. The van der Waals surface area contributed by atoms with Gasteiger partial charge in [-0.25, -0.2) is 22.2 Å². The fourth-order valence-corrected chi connectivity index (χ4v) is 5.11. The third kappa shape index (κ3) is 4.40. The van der Waals surface area contributed by atoms with Crippen molar-refractivity contribution < 1.29 is 17.9 Å². The molecular formula is C22H25ClN4O4S. The quantitative estimate of drug-likeness (QED) is 0.568. The summed E-state index contributed by atoms with van der Waals surface area (Å²) in [5.74, 6) is 0.691. The average molecular weight is 477 g/mol. The summed E-state index contributed by atoms with van der Waals surface area (Å²) < 4.78 is 33.0. The number of hydrogen-bond acceptors (Lipinski definition) is 6. The van der Waals surface area contributed by atoms with Crippen LogP contribution in [0.2, 0.25) is 5.02 Å². The van der Waals surface area contributed by atoms with Crippen molar-refractivity contribution in [3.63, 3.8) is 0 Å². The number of hydrogen-bond donors (Lipinski definition) is 0. The predicted octanol–water partition coefficient (Wildman–Crippen LogP) is 3.98. The molecule has 0 aliphatic carbocycles. The van der Waals surface area contributed by atoms with E-state index in [9.17, 15) is 13.2 Å². The first-order valence-electron chi connectivity index (χ1n) is 10.3. The lowest BCUT2D eigenvalue weighted by atomic mass is 10.2. The average Bonchev–Trinajstić information content (AvgIpc) is 3.18. The molecule has 0 bridgehead atoms. The first-order chi connectivity index (χ1) is 15.1. The number of piperazine rings is 1. The van der Waals surface area contributed by atoms with Gasteiger partial charge in [-0.1, -0.05) is 11.6 Å². The molecule has 1 saturated heterocycles. The highest BCUT2D eigenvalue weighted by Crippen LogP contribution is 2.29. The Bertz CT molecular complexity index is 1240. The molecule has 1 fully saturated rings. The molecule has 0 spiro atoms. The van der Waals surface area contributed by atoms with Gasteiger partial charge in [-0.3, -0.25) is 0 Å². The molecule has 0 N–H and O–H groups in total. The Balaban J connectivity index is 1.58. The number of carbonyl (C=O) groups is 1. The van der Waals surface area contributed by atoms with E-state index in [1.807, 2.05) is 20.8 Å². The van der Waals surface area contributed by atoms with E-state index < -0.39 is 15.6 Å². The monoisotopic (exact) mass is 476 g/mol. The number of halogens is 1. The van der Waals surface area contributed by atoms with Gasteiger partial charge in [0, 0.05) is 49.0 Å². The van der Waals surface area contributed by atoms with Gasteiger partial charge in [-0.2, -0.15) is 0 Å². The van der Waals surface area contributed by atoms with Gasteiger partial charge in [-0.05, 0) is 57.2 Å². The van der Waals surface area contributed by atoms with E-state index in [1.54, 1.807) is 35.4 Å². The van der Waals surface area contributed by atoms with Crippen LogP contribution < -0.4 is 4.90 Å². The summed E-state index contributed by atoms with van der Waals surface area (Å²) in [6, 6.07) is 9.52. The second kappa shape index (κ2) is 8.29. The molecule has 0 radical (unpaired) electrons. The fraction of sp³-hybridized carbons (Fsp3) is 0.364. The van der Waals surface area contributed by atoms with Crippen LogP contribution in [0.25, 0.3) is 10.9 Å². The van der Waals surface area contributed by atoms with Gasteiger partial charge in [0.2, 0.25) is 0 Å². The lowest BCUT2D eigenvalue weighted by molar-refractivity contribution is 0.0240. The van der Waals surface area contributed by atoms with Crippen LogP contribution in [0.4, 0.5) is 10.6 Å². The highest BCUT2D eigenvalue weighted by Gasteiger charge is 2.28. The SMILES string of the molecule is CC(C)(C)OC(=O)N1CCN(c2nccc3c2ccn3S(=O)(=O)c2ccc(Cl)cc2)CC1. The van der Waals surface area contributed by atoms with Crippen molar-refractivity contribution in [1.29, 1.82) is 0 Å². The first kappa shape index (κ1) is 22.4. The van der Waals surface area contributed by atoms with Crippen molar-refractivity contribution in [3.8, 4) is 0 Å². The Kier molecular flexibility index (Phi) is 5.81. The molecule has 170 valence electrons. The Morgan fingerprint density at radius 2 is 1.69 bits per heavy atom. The lowest BCUT2D eigenvalue weighted by Crippen LogP contribution is -2.50. The normalized spacial score (nSPS) is 15.2. The molecule has 10 heteroatoms. The van der Waals surface area contributed by atoms with Crippen LogP contribution in [-0.4, -0.2) is 60.1 Å². The standard InChI is InChI=1S/C22H25ClN4O4S/c1-22(2,3)31-21(28)26-14-12-25(13-15-26)20-18-9-11-27(19(18)8-10-24-20)32(29,30)17-6-4-16(23)5-7-17/h4-11H,12-15H2,1-3H3. The van der Waals surface area contributed by atoms with Gasteiger partial charge in [0.1, 0.15) is 11.4 Å². The molecule has 0 unspecified atom stereocenters. The molecule has 8 nitrogen and oxygen atoms in total. The first-order valence-corrected chi connectivity index (χ1v) is 12.1. The third-order valence-electron chi connectivity index (χ3n) is 5.16. The second-order valence-electron chi connectivity index (χ2n) is 8.59. The molecule has 1 aliphatic heterocycles. The van der Waals surface area contributed by atoms with Crippen LogP contribution in [0.1, 0.15) is 20.8 Å². The molecule has 0 saturated carbocycles. The van der Waals surface area contributed by atoms with Gasteiger partial charge in [0.05, 0.1) is 10.4 Å². The number of anilines is 1. The highest BCUT2D eigenvalue weighted by molar-refractivity contribution is 7.90. The maximum Gasteiger partial charge on any atom is 0.410 e. The zero-order valence-corrected chi connectivity index (χ0v) is 19.7. The van der Waals surface area contributed by atoms with Crippen LogP contribution in [-0.2, 0) is 14.8 Å². The van der Waals surface area contributed by atoms with Crippen molar-refractivity contribution in [1.82, 2.24) is 13.9 Å². The van der Waals surface area contributed by atoms with Crippen molar-refractivity contribution >= 4 is 44.4 Å². The van der Waals surface area contributed by atoms with Gasteiger partial charge in [0.25, 0.3) is 10.0 Å². The summed E-state index contributed by atoms with van der Waals surface area (Å²) in [4.78, 5) is 20.7. The van der Waals surface area contributed by atoms with E-state index >= 15 is 0 Å². The molecule has 3 aromatic rings. The number of rotatable bonds is 3. The molecule has 1 amide bonds. The topological polar surface area (TPSA) is 84.7 Å². The molecule has 0 atom stereocenters. The molecule has 4 rings (SSSR count). The zero-order valence-electron chi connectivity index (χ0n) is 18.2. The zero-order chi connectivity index (χ0) is 23.1. The minimum Gasteiger partial charge on any atom is -0.444 e. The molecular weight excluding hydrogens is 452 g/mol. The smallest absolute Gasteiger partial charge is 0.410 e. The molecule has 1 aromatic carbocycles. The third-order valence-corrected chi connectivity index (χ3v) is 7.12. The minimum atomic E-state index is -3.78. The van der Waals surface area contributed by atoms with E-state index in [0.29, 0.717) is 42.5 Å². The number of fused-ring (bicyclic) bond motifs is 1. The van der Waals surface area contributed by atoms with E-state index in [-0.39, 0.29) is 11.0 Å². The van der Waals surface area contributed by atoms with Crippen LogP contribution in [0.5, 0.6) is 0 Å². The number of carbonyl (C=O) groups excluding carboxylic acids is 1. The molecule has 1 aliphatic rings. The molecule has 2 aromatic heterocycles. The highest BCUT2D eigenvalue weighted by atomic mass is 35.5. The molecule has 3 heterocycles.